The summed E-state index contributed by atoms with van der Waals surface area (Å²) in [5.74, 6) is 1.42. The molecule has 4 aliphatic rings. The number of nitrogens with zero attached hydrogens (tertiary/aromatic N) is 2. The zero-order valence-electron chi connectivity index (χ0n) is 17.6. The number of carbonyl (C=O) groups is 1. The van der Waals surface area contributed by atoms with Crippen LogP contribution in [0.3, 0.4) is 0 Å². The van der Waals surface area contributed by atoms with Crippen molar-refractivity contribution in [3.8, 4) is 0 Å². The van der Waals surface area contributed by atoms with Crippen molar-refractivity contribution < 1.29 is 13.2 Å². The highest BCUT2D eigenvalue weighted by Crippen LogP contribution is 2.61. The van der Waals surface area contributed by atoms with Gasteiger partial charge >= 0.3 is 0 Å². The molecular formula is C23H29N3O3S2. The number of anilines is 1. The van der Waals surface area contributed by atoms with E-state index in [-0.39, 0.29) is 11.2 Å². The van der Waals surface area contributed by atoms with Crippen LogP contribution < -0.4 is 5.32 Å². The van der Waals surface area contributed by atoms with Crippen molar-refractivity contribution in [2.45, 2.75) is 56.8 Å². The number of aromatic nitrogens is 2. The van der Waals surface area contributed by atoms with Gasteiger partial charge in [0.15, 0.2) is 9.84 Å². The van der Waals surface area contributed by atoms with E-state index in [1.54, 1.807) is 0 Å². The van der Waals surface area contributed by atoms with Crippen molar-refractivity contribution in [3.05, 3.63) is 40.9 Å². The molecule has 0 radical (unpaired) electrons. The van der Waals surface area contributed by atoms with E-state index in [2.05, 4.69) is 15.5 Å². The van der Waals surface area contributed by atoms with Crippen molar-refractivity contribution in [2.75, 3.05) is 16.8 Å². The van der Waals surface area contributed by atoms with Gasteiger partial charge in [0.2, 0.25) is 11.0 Å². The van der Waals surface area contributed by atoms with Crippen molar-refractivity contribution in [1.82, 2.24) is 10.2 Å². The Morgan fingerprint density at radius 2 is 1.68 bits per heavy atom. The third-order valence-corrected chi connectivity index (χ3v) is 9.98. The summed E-state index contributed by atoms with van der Waals surface area (Å²) in [5.41, 5.74) is 1.24. The summed E-state index contributed by atoms with van der Waals surface area (Å²) in [7, 11) is -3.46. The summed E-state index contributed by atoms with van der Waals surface area (Å²) in [6.45, 7) is 0. The fraction of sp³-hybridized carbons (Fsp3) is 0.609. The normalized spacial score (nSPS) is 29.2. The van der Waals surface area contributed by atoms with Gasteiger partial charge in [-0.1, -0.05) is 41.7 Å². The van der Waals surface area contributed by atoms with Gasteiger partial charge in [-0.05, 0) is 74.7 Å². The molecular weight excluding hydrogens is 430 g/mol. The highest BCUT2D eigenvalue weighted by Gasteiger charge is 2.53. The topological polar surface area (TPSA) is 89.0 Å². The second kappa shape index (κ2) is 8.28. The first-order chi connectivity index (χ1) is 14.9. The van der Waals surface area contributed by atoms with E-state index in [9.17, 15) is 13.2 Å². The standard InChI is InChI=1S/C23H29N3O3S2/c27-20(15-31(28,29)8-4-7-16-5-2-1-3-6-16)24-22-26-25-21(30-22)23-12-17-9-18(13-23)11-19(10-17)14-23/h1-3,5-6,17-19H,4,7-15H2,(H,24,26,27). The maximum atomic E-state index is 12.4. The van der Waals surface area contributed by atoms with Gasteiger partial charge in [-0.2, -0.15) is 0 Å². The summed E-state index contributed by atoms with van der Waals surface area (Å²) >= 11 is 1.44. The number of rotatable bonds is 8. The summed E-state index contributed by atoms with van der Waals surface area (Å²) < 4.78 is 24.7. The predicted molar refractivity (Wildman–Crippen MR) is 122 cm³/mol. The van der Waals surface area contributed by atoms with E-state index in [0.29, 0.717) is 18.0 Å². The van der Waals surface area contributed by atoms with E-state index in [1.807, 2.05) is 30.3 Å². The second-order valence-corrected chi connectivity index (χ2v) is 13.0. The van der Waals surface area contributed by atoms with Gasteiger partial charge in [0, 0.05) is 5.41 Å². The van der Waals surface area contributed by atoms with Gasteiger partial charge in [-0.15, -0.1) is 10.2 Å². The molecule has 166 valence electrons. The number of carbonyl (C=O) groups excluding carboxylic acids is 1. The molecule has 0 unspecified atom stereocenters. The quantitative estimate of drug-likeness (QED) is 0.645. The Bertz CT molecular complexity index is 1010. The molecule has 4 aliphatic carbocycles. The highest BCUT2D eigenvalue weighted by molar-refractivity contribution is 7.92. The van der Waals surface area contributed by atoms with Crippen LogP contribution in [0.1, 0.15) is 55.5 Å². The lowest BCUT2D eigenvalue weighted by Crippen LogP contribution is -2.48. The first kappa shape index (κ1) is 21.1. The van der Waals surface area contributed by atoms with Crippen LogP contribution in [0.25, 0.3) is 0 Å². The van der Waals surface area contributed by atoms with Gasteiger partial charge in [-0.3, -0.25) is 10.1 Å². The van der Waals surface area contributed by atoms with Crippen molar-refractivity contribution >= 4 is 32.2 Å². The third-order valence-electron chi connectivity index (χ3n) is 7.28. The molecule has 6 rings (SSSR count). The molecule has 4 bridgehead atoms. The molecule has 8 heteroatoms. The maximum Gasteiger partial charge on any atom is 0.241 e. The lowest BCUT2D eigenvalue weighted by atomic mass is 9.50. The number of nitrogens with one attached hydrogen (secondary N) is 1. The molecule has 0 atom stereocenters. The Morgan fingerprint density at radius 1 is 1.03 bits per heavy atom. The molecule has 6 nitrogen and oxygen atoms in total. The Morgan fingerprint density at radius 3 is 2.32 bits per heavy atom. The van der Waals surface area contributed by atoms with E-state index in [4.69, 9.17) is 0 Å². The minimum atomic E-state index is -3.46. The monoisotopic (exact) mass is 459 g/mol. The predicted octanol–water partition coefficient (Wildman–Crippen LogP) is 3.99. The number of hydrogen-bond acceptors (Lipinski definition) is 6. The SMILES string of the molecule is O=C(CS(=O)(=O)CCCc1ccccc1)Nc1nnc(C23CC4CC(CC(C4)C2)C3)s1. The van der Waals surface area contributed by atoms with Gasteiger partial charge in [0.1, 0.15) is 10.8 Å². The first-order valence-corrected chi connectivity index (χ1v) is 13.9. The second-order valence-electron chi connectivity index (χ2n) is 9.84. The summed E-state index contributed by atoms with van der Waals surface area (Å²) in [6, 6.07) is 9.78. The zero-order chi connectivity index (χ0) is 21.5. The van der Waals surface area contributed by atoms with Crippen LogP contribution in [-0.2, 0) is 26.5 Å². The van der Waals surface area contributed by atoms with Gasteiger partial charge in [0.05, 0.1) is 5.75 Å². The molecule has 4 saturated carbocycles. The fourth-order valence-corrected chi connectivity index (χ4v) is 8.61. The van der Waals surface area contributed by atoms with Crippen molar-refractivity contribution in [1.29, 1.82) is 0 Å². The average Bonchev–Trinajstić information content (AvgIpc) is 3.16. The van der Waals surface area contributed by atoms with E-state index in [0.717, 1.165) is 28.3 Å². The Kier molecular flexibility index (Phi) is 5.63. The van der Waals surface area contributed by atoms with Gasteiger partial charge in [-0.25, -0.2) is 8.42 Å². The summed E-state index contributed by atoms with van der Waals surface area (Å²) in [6.07, 6.45) is 8.87. The third kappa shape index (κ3) is 4.70. The largest absolute Gasteiger partial charge is 0.300 e. The molecule has 1 amide bonds. The highest BCUT2D eigenvalue weighted by atomic mass is 32.2. The van der Waals surface area contributed by atoms with Crippen LogP contribution in [0.15, 0.2) is 30.3 Å². The average molecular weight is 460 g/mol. The molecule has 4 fully saturated rings. The summed E-state index contributed by atoms with van der Waals surface area (Å²) in [5, 5.41) is 12.8. The molecule has 0 aliphatic heterocycles. The van der Waals surface area contributed by atoms with Crippen LogP contribution in [-0.4, -0.2) is 36.0 Å². The van der Waals surface area contributed by atoms with E-state index in [1.165, 1.54) is 49.9 Å². The minimum Gasteiger partial charge on any atom is -0.300 e. The number of aryl methyl sites for hydroxylation is 1. The molecule has 31 heavy (non-hydrogen) atoms. The van der Waals surface area contributed by atoms with Crippen LogP contribution in [0.4, 0.5) is 5.13 Å². The number of amides is 1. The zero-order valence-corrected chi connectivity index (χ0v) is 19.3. The Hall–Kier alpha value is -1.80. The minimum absolute atomic E-state index is 0.00393. The smallest absolute Gasteiger partial charge is 0.241 e. The van der Waals surface area contributed by atoms with Gasteiger partial charge < -0.3 is 0 Å². The van der Waals surface area contributed by atoms with Crippen LogP contribution in [0.5, 0.6) is 0 Å². The van der Waals surface area contributed by atoms with E-state index >= 15 is 0 Å². The van der Waals surface area contributed by atoms with Crippen molar-refractivity contribution in [3.63, 3.8) is 0 Å². The van der Waals surface area contributed by atoms with E-state index < -0.39 is 21.5 Å². The van der Waals surface area contributed by atoms with Crippen LogP contribution >= 0.6 is 11.3 Å². The summed E-state index contributed by atoms with van der Waals surface area (Å²) in [4.78, 5) is 12.4. The molecule has 2 aromatic rings. The lowest BCUT2D eigenvalue weighted by molar-refractivity contribution is -0.113. The molecule has 1 N–H and O–H groups in total. The Labute approximate surface area is 187 Å². The van der Waals surface area contributed by atoms with Crippen LogP contribution in [0, 0.1) is 17.8 Å². The lowest BCUT2D eigenvalue weighted by Gasteiger charge is -2.55. The number of sulfone groups is 1. The molecule has 0 spiro atoms. The number of hydrogen-bond donors (Lipinski definition) is 1. The fourth-order valence-electron chi connectivity index (χ4n) is 6.43. The molecule has 0 saturated heterocycles. The number of benzene rings is 1. The van der Waals surface area contributed by atoms with Crippen molar-refractivity contribution in [2.24, 2.45) is 17.8 Å². The molecule has 1 aromatic carbocycles. The van der Waals surface area contributed by atoms with Crippen LogP contribution in [0.2, 0.25) is 0 Å². The molecule has 1 aromatic heterocycles. The maximum absolute atomic E-state index is 12.4. The molecule has 1 heterocycles. The first-order valence-electron chi connectivity index (χ1n) is 11.3. The van der Waals surface area contributed by atoms with Gasteiger partial charge in [0.25, 0.3) is 0 Å². The Balaban J connectivity index is 1.16.